The summed E-state index contributed by atoms with van der Waals surface area (Å²) >= 11 is 0. The van der Waals surface area contributed by atoms with Crippen molar-refractivity contribution in [1.29, 1.82) is 0 Å². The minimum absolute atomic E-state index is 0.340. The van der Waals surface area contributed by atoms with Crippen LogP contribution >= 0.6 is 0 Å². The number of ether oxygens (including phenoxy) is 2. The summed E-state index contributed by atoms with van der Waals surface area (Å²) in [6.07, 6.45) is 2.88. The molecular formula is C26H28FN3O3. The first kappa shape index (κ1) is 21.6. The number of nitrogens with two attached hydrogens (primary N) is 1. The molecule has 1 saturated carbocycles. The molecule has 2 heterocycles. The van der Waals surface area contributed by atoms with E-state index in [0.717, 1.165) is 47.9 Å². The lowest BCUT2D eigenvalue weighted by Crippen LogP contribution is -2.48. The van der Waals surface area contributed by atoms with Crippen molar-refractivity contribution >= 4 is 16.8 Å². The zero-order valence-electron chi connectivity index (χ0n) is 19.2. The smallest absolute Gasteiger partial charge is 0.249 e. The number of likely N-dealkylation sites (tertiary alicyclic amines) is 1. The quantitative estimate of drug-likeness (QED) is 0.591. The molecule has 2 aliphatic rings. The average Bonchev–Trinajstić information content (AvgIpc) is 3.59. The van der Waals surface area contributed by atoms with Crippen LogP contribution in [0, 0.1) is 12.7 Å². The van der Waals surface area contributed by atoms with E-state index in [4.69, 9.17) is 15.2 Å². The third-order valence-electron chi connectivity index (χ3n) is 7.27. The molecule has 0 bridgehead atoms. The third-order valence-corrected chi connectivity index (χ3v) is 7.27. The van der Waals surface area contributed by atoms with Crippen LogP contribution in [0.1, 0.15) is 46.3 Å². The fourth-order valence-corrected chi connectivity index (χ4v) is 4.98. The molecule has 1 aliphatic heterocycles. The number of hydrogen-bond donors (Lipinski definition) is 1. The molecule has 172 valence electrons. The molecule has 6 nitrogen and oxygen atoms in total. The second-order valence-electron chi connectivity index (χ2n) is 9.20. The number of fused-ring (bicyclic) bond motifs is 1. The summed E-state index contributed by atoms with van der Waals surface area (Å²) in [6.45, 7) is 3.56. The highest BCUT2D eigenvalue weighted by Gasteiger charge is 2.48. The summed E-state index contributed by atoms with van der Waals surface area (Å²) in [7, 11) is 3.64. The van der Waals surface area contributed by atoms with Gasteiger partial charge in [-0.25, -0.2) is 9.37 Å². The van der Waals surface area contributed by atoms with Crippen LogP contribution in [-0.4, -0.2) is 49.1 Å². The van der Waals surface area contributed by atoms with Gasteiger partial charge in [0.25, 0.3) is 0 Å². The molecule has 0 spiro atoms. The second kappa shape index (κ2) is 7.99. The molecule has 2 fully saturated rings. The second-order valence-corrected chi connectivity index (χ2v) is 9.20. The van der Waals surface area contributed by atoms with Crippen molar-refractivity contribution in [1.82, 2.24) is 9.88 Å². The Morgan fingerprint density at radius 3 is 2.64 bits per heavy atom. The van der Waals surface area contributed by atoms with E-state index >= 15 is 0 Å². The van der Waals surface area contributed by atoms with Crippen molar-refractivity contribution in [2.45, 2.75) is 37.6 Å². The number of primary amides is 1. The highest BCUT2D eigenvalue weighted by atomic mass is 19.1. The third kappa shape index (κ3) is 3.70. The molecule has 2 aromatic carbocycles. The number of methoxy groups -OCH3 is 1. The highest BCUT2D eigenvalue weighted by Crippen LogP contribution is 2.57. The Morgan fingerprint density at radius 2 is 2.03 bits per heavy atom. The number of carbonyl (C=O) groups is 1. The van der Waals surface area contributed by atoms with Crippen LogP contribution in [0.3, 0.4) is 0 Å². The zero-order chi connectivity index (χ0) is 23.3. The molecule has 1 aromatic heterocycles. The van der Waals surface area contributed by atoms with Gasteiger partial charge in [-0.05, 0) is 80.7 Å². The van der Waals surface area contributed by atoms with Crippen molar-refractivity contribution in [2.24, 2.45) is 5.73 Å². The van der Waals surface area contributed by atoms with Crippen LogP contribution < -0.4 is 15.2 Å². The number of pyridine rings is 1. The predicted molar refractivity (Wildman–Crippen MR) is 124 cm³/mol. The average molecular weight is 450 g/mol. The summed E-state index contributed by atoms with van der Waals surface area (Å²) in [5, 5.41) is 0.872. The van der Waals surface area contributed by atoms with Gasteiger partial charge in [-0.2, -0.15) is 0 Å². The fraction of sp³-hybridized carbons (Fsp3) is 0.385. The van der Waals surface area contributed by atoms with E-state index in [1.165, 1.54) is 12.1 Å². The van der Waals surface area contributed by atoms with E-state index in [1.807, 2.05) is 19.1 Å². The molecular weight excluding hydrogens is 421 g/mol. The van der Waals surface area contributed by atoms with Gasteiger partial charge in [0.15, 0.2) is 0 Å². The normalized spacial score (nSPS) is 19.2. The summed E-state index contributed by atoms with van der Waals surface area (Å²) in [6, 6.07) is 10.7. The maximum Gasteiger partial charge on any atom is 0.249 e. The Hall–Kier alpha value is -3.19. The highest BCUT2D eigenvalue weighted by molar-refractivity contribution is 5.95. The van der Waals surface area contributed by atoms with Gasteiger partial charge in [-0.15, -0.1) is 0 Å². The van der Waals surface area contributed by atoms with Crippen molar-refractivity contribution in [3.05, 3.63) is 64.5 Å². The summed E-state index contributed by atoms with van der Waals surface area (Å²) in [5.41, 5.74) is 9.29. The van der Waals surface area contributed by atoms with Crippen LogP contribution in [0.4, 0.5) is 4.39 Å². The minimum atomic E-state index is -0.477. The van der Waals surface area contributed by atoms with Crippen molar-refractivity contribution in [3.8, 4) is 11.6 Å². The monoisotopic (exact) mass is 449 g/mol. The number of halogens is 1. The Balaban J connectivity index is 1.63. The number of likely N-dealkylation sites (N-methyl/N-ethyl adjacent to an activating group) is 1. The van der Waals surface area contributed by atoms with E-state index in [-0.39, 0.29) is 11.2 Å². The Morgan fingerprint density at radius 1 is 1.24 bits per heavy atom. The van der Waals surface area contributed by atoms with Crippen LogP contribution in [0.5, 0.6) is 11.6 Å². The molecule has 1 saturated heterocycles. The number of carbonyl (C=O) groups excluding carboxylic acids is 1. The molecule has 1 atom stereocenters. The molecule has 0 radical (unpaired) electrons. The van der Waals surface area contributed by atoms with Gasteiger partial charge in [0.2, 0.25) is 11.8 Å². The van der Waals surface area contributed by atoms with E-state index in [0.29, 0.717) is 35.4 Å². The Kier molecular flexibility index (Phi) is 5.24. The van der Waals surface area contributed by atoms with Gasteiger partial charge in [0.05, 0.1) is 12.6 Å². The topological polar surface area (TPSA) is 77.7 Å². The molecule has 7 heteroatoms. The number of hydrogen-bond acceptors (Lipinski definition) is 5. The molecule has 2 N–H and O–H groups in total. The number of aromatic nitrogens is 1. The minimum Gasteiger partial charge on any atom is -0.492 e. The first-order valence-corrected chi connectivity index (χ1v) is 11.2. The van der Waals surface area contributed by atoms with Crippen LogP contribution in [0.25, 0.3) is 10.9 Å². The summed E-state index contributed by atoms with van der Waals surface area (Å²) in [5.74, 6) is 0.257. The van der Waals surface area contributed by atoms with Crippen LogP contribution in [0.15, 0.2) is 36.4 Å². The lowest BCUT2D eigenvalue weighted by molar-refractivity contribution is 0.0767. The van der Waals surface area contributed by atoms with Gasteiger partial charge in [-0.1, -0.05) is 0 Å². The van der Waals surface area contributed by atoms with Gasteiger partial charge in [0.1, 0.15) is 18.2 Å². The standard InChI is InChI=1S/C26H28FN3O3/c1-15-20(25(28)31)11-18(33-14-17-6-9-30(17)2)12-21(15)26(7-8-26)22-13-24(32-3)29-23-10-16(27)4-5-19(22)23/h4-5,10-13,17H,6-9,14H2,1-3H3,(H2,28,31). The van der Waals surface area contributed by atoms with E-state index in [1.54, 1.807) is 19.2 Å². The maximum absolute atomic E-state index is 14.0. The SMILES string of the molecule is COc1cc(C2(c3cc(OCC4CCN4C)cc(C(N)=O)c3C)CC2)c2ccc(F)cc2n1. The van der Waals surface area contributed by atoms with Gasteiger partial charge >= 0.3 is 0 Å². The molecule has 3 aromatic rings. The fourth-order valence-electron chi connectivity index (χ4n) is 4.98. The predicted octanol–water partition coefficient (Wildman–Crippen LogP) is 3.95. The van der Waals surface area contributed by atoms with E-state index in [9.17, 15) is 9.18 Å². The number of nitrogens with zero attached hydrogens (tertiary/aromatic N) is 2. The van der Waals surface area contributed by atoms with Crippen molar-refractivity contribution < 1.29 is 18.7 Å². The summed E-state index contributed by atoms with van der Waals surface area (Å²) in [4.78, 5) is 19.0. The lowest BCUT2D eigenvalue weighted by atomic mass is 9.82. The number of amides is 1. The Bertz CT molecular complexity index is 1260. The molecule has 1 amide bonds. The molecule has 5 rings (SSSR count). The van der Waals surface area contributed by atoms with Crippen LogP contribution in [-0.2, 0) is 5.41 Å². The van der Waals surface area contributed by atoms with Gasteiger partial charge in [-0.3, -0.25) is 9.69 Å². The first-order valence-electron chi connectivity index (χ1n) is 11.2. The zero-order valence-corrected chi connectivity index (χ0v) is 19.2. The first-order chi connectivity index (χ1) is 15.8. The molecule has 1 unspecified atom stereocenters. The largest absolute Gasteiger partial charge is 0.492 e. The summed E-state index contributed by atoms with van der Waals surface area (Å²) < 4.78 is 25.5. The van der Waals surface area contributed by atoms with Gasteiger partial charge in [0, 0.05) is 34.5 Å². The molecule has 33 heavy (non-hydrogen) atoms. The van der Waals surface area contributed by atoms with E-state index in [2.05, 4.69) is 16.9 Å². The van der Waals surface area contributed by atoms with E-state index < -0.39 is 5.91 Å². The van der Waals surface area contributed by atoms with Gasteiger partial charge < -0.3 is 15.2 Å². The molecule has 1 aliphatic carbocycles. The lowest BCUT2D eigenvalue weighted by Gasteiger charge is -2.37. The number of benzene rings is 2. The van der Waals surface area contributed by atoms with Crippen LogP contribution in [0.2, 0.25) is 0 Å². The maximum atomic E-state index is 14.0. The van der Waals surface area contributed by atoms with Crippen molar-refractivity contribution in [2.75, 3.05) is 27.3 Å². The van der Waals surface area contributed by atoms with Crippen molar-refractivity contribution in [3.63, 3.8) is 0 Å². The Labute approximate surface area is 192 Å². The number of rotatable bonds is 7.